The number of nitrogens with zero attached hydrogens (tertiary/aromatic N) is 1. The van der Waals surface area contributed by atoms with Crippen molar-refractivity contribution in [1.29, 1.82) is 0 Å². The highest BCUT2D eigenvalue weighted by molar-refractivity contribution is 5.79. The van der Waals surface area contributed by atoms with Crippen LogP contribution in [0.15, 0.2) is 18.2 Å². The Labute approximate surface area is 123 Å². The third kappa shape index (κ3) is 3.28. The second-order valence-electron chi connectivity index (χ2n) is 5.33. The number of aliphatic hydroxyl groups is 1. The molecule has 2 aliphatic heterocycles. The van der Waals surface area contributed by atoms with Gasteiger partial charge in [-0.25, -0.2) is 0 Å². The monoisotopic (exact) mass is 293 g/mol. The van der Waals surface area contributed by atoms with Crippen molar-refractivity contribution in [2.45, 2.75) is 6.42 Å². The number of carbonyl (C=O) groups is 1. The zero-order chi connectivity index (χ0) is 14.7. The van der Waals surface area contributed by atoms with E-state index in [9.17, 15) is 9.90 Å². The Kier molecular flexibility index (Phi) is 4.26. The minimum Gasteiger partial charge on any atom is -0.454 e. The van der Waals surface area contributed by atoms with Crippen molar-refractivity contribution in [1.82, 2.24) is 4.90 Å². The van der Waals surface area contributed by atoms with Gasteiger partial charge in [0.1, 0.15) is 0 Å². The summed E-state index contributed by atoms with van der Waals surface area (Å²) in [5.74, 6) is 1.44. The van der Waals surface area contributed by atoms with Crippen LogP contribution in [-0.2, 0) is 16.0 Å². The molecule has 1 atom stereocenters. The zero-order valence-electron chi connectivity index (χ0n) is 11.8. The molecule has 1 aromatic carbocycles. The molecule has 0 radical (unpaired) electrons. The molecule has 0 aromatic heterocycles. The SMILES string of the molecule is O=C(Cc1ccc2c(c1)OCO2)N1CCOC[C@@H](CO)C1. The van der Waals surface area contributed by atoms with Gasteiger partial charge in [0.25, 0.3) is 0 Å². The smallest absolute Gasteiger partial charge is 0.231 e. The largest absolute Gasteiger partial charge is 0.454 e. The summed E-state index contributed by atoms with van der Waals surface area (Å²) < 4.78 is 16.0. The first-order valence-corrected chi connectivity index (χ1v) is 7.11. The van der Waals surface area contributed by atoms with Crippen LogP contribution < -0.4 is 9.47 Å². The molecule has 0 aliphatic carbocycles. The van der Waals surface area contributed by atoms with Crippen LogP contribution in [0.3, 0.4) is 0 Å². The number of hydrogen-bond donors (Lipinski definition) is 1. The molecule has 1 aromatic rings. The number of aliphatic hydroxyl groups excluding tert-OH is 1. The highest BCUT2D eigenvalue weighted by atomic mass is 16.7. The second-order valence-corrected chi connectivity index (χ2v) is 5.33. The Hall–Kier alpha value is -1.79. The average molecular weight is 293 g/mol. The van der Waals surface area contributed by atoms with Gasteiger partial charge in [0, 0.05) is 25.6 Å². The molecule has 2 heterocycles. The maximum absolute atomic E-state index is 12.4. The molecule has 21 heavy (non-hydrogen) atoms. The van der Waals surface area contributed by atoms with Gasteiger partial charge in [-0.3, -0.25) is 4.79 Å². The van der Waals surface area contributed by atoms with Gasteiger partial charge >= 0.3 is 0 Å². The number of benzene rings is 1. The zero-order valence-corrected chi connectivity index (χ0v) is 11.8. The number of carbonyl (C=O) groups excluding carboxylic acids is 1. The lowest BCUT2D eigenvalue weighted by atomic mass is 10.1. The van der Waals surface area contributed by atoms with Crippen LogP contribution in [0, 0.1) is 5.92 Å². The summed E-state index contributed by atoms with van der Waals surface area (Å²) in [6.07, 6.45) is 0.314. The van der Waals surface area contributed by atoms with E-state index in [1.54, 1.807) is 4.90 Å². The number of rotatable bonds is 3. The summed E-state index contributed by atoms with van der Waals surface area (Å²) in [5, 5.41) is 9.26. The van der Waals surface area contributed by atoms with Crippen LogP contribution in [0.2, 0.25) is 0 Å². The Morgan fingerprint density at radius 1 is 1.33 bits per heavy atom. The second kappa shape index (κ2) is 6.32. The van der Waals surface area contributed by atoms with Crippen molar-refractivity contribution in [3.63, 3.8) is 0 Å². The first kappa shape index (κ1) is 14.2. The fraction of sp³-hybridized carbons (Fsp3) is 0.533. The van der Waals surface area contributed by atoms with Gasteiger partial charge in [0.05, 0.1) is 19.6 Å². The van der Waals surface area contributed by atoms with Crippen molar-refractivity contribution >= 4 is 5.91 Å². The van der Waals surface area contributed by atoms with Crippen LogP contribution in [0.4, 0.5) is 0 Å². The molecule has 0 unspecified atom stereocenters. The van der Waals surface area contributed by atoms with E-state index in [1.807, 2.05) is 18.2 Å². The number of fused-ring (bicyclic) bond motifs is 1. The Balaban J connectivity index is 1.65. The minimum absolute atomic E-state index is 0.00629. The van der Waals surface area contributed by atoms with Crippen molar-refractivity contribution in [3.8, 4) is 11.5 Å². The molecule has 6 heteroatoms. The molecule has 1 fully saturated rings. The number of hydrogen-bond acceptors (Lipinski definition) is 5. The summed E-state index contributed by atoms with van der Waals surface area (Å²) in [6, 6.07) is 5.55. The Morgan fingerprint density at radius 3 is 3.05 bits per heavy atom. The third-order valence-electron chi connectivity index (χ3n) is 3.74. The normalized spacial score (nSPS) is 21.2. The van der Waals surface area contributed by atoms with E-state index in [0.717, 1.165) is 11.3 Å². The van der Waals surface area contributed by atoms with Crippen molar-refractivity contribution < 1.29 is 24.1 Å². The highest BCUT2D eigenvalue weighted by Gasteiger charge is 2.22. The van der Waals surface area contributed by atoms with Crippen molar-refractivity contribution in [3.05, 3.63) is 23.8 Å². The Morgan fingerprint density at radius 2 is 2.19 bits per heavy atom. The lowest BCUT2D eigenvalue weighted by Crippen LogP contribution is -2.37. The van der Waals surface area contributed by atoms with Gasteiger partial charge in [-0.2, -0.15) is 0 Å². The van der Waals surface area contributed by atoms with E-state index in [0.29, 0.717) is 38.5 Å². The molecule has 6 nitrogen and oxygen atoms in total. The number of amides is 1. The van der Waals surface area contributed by atoms with Crippen LogP contribution in [0.25, 0.3) is 0 Å². The van der Waals surface area contributed by atoms with Gasteiger partial charge in [0.2, 0.25) is 12.7 Å². The fourth-order valence-electron chi connectivity index (χ4n) is 2.55. The molecule has 0 bridgehead atoms. The van der Waals surface area contributed by atoms with Crippen LogP contribution in [-0.4, -0.2) is 55.6 Å². The summed E-state index contributed by atoms with van der Waals surface area (Å²) in [7, 11) is 0. The molecule has 1 saturated heterocycles. The van der Waals surface area contributed by atoms with Gasteiger partial charge in [-0.05, 0) is 17.7 Å². The van der Waals surface area contributed by atoms with Gasteiger partial charge < -0.3 is 24.2 Å². The molecule has 0 spiro atoms. The molecule has 2 aliphatic rings. The van der Waals surface area contributed by atoms with Gasteiger partial charge in [-0.1, -0.05) is 6.07 Å². The maximum Gasteiger partial charge on any atom is 0.231 e. The molecule has 1 N–H and O–H groups in total. The first-order valence-electron chi connectivity index (χ1n) is 7.11. The summed E-state index contributed by atoms with van der Waals surface area (Å²) in [5.41, 5.74) is 0.898. The van der Waals surface area contributed by atoms with Crippen molar-refractivity contribution in [2.24, 2.45) is 5.92 Å². The maximum atomic E-state index is 12.4. The molecular weight excluding hydrogens is 274 g/mol. The van der Waals surface area contributed by atoms with Crippen LogP contribution >= 0.6 is 0 Å². The highest BCUT2D eigenvalue weighted by Crippen LogP contribution is 2.32. The predicted molar refractivity (Wildman–Crippen MR) is 74.2 cm³/mol. The Bertz CT molecular complexity index is 519. The van der Waals surface area contributed by atoms with Gasteiger partial charge in [0.15, 0.2) is 11.5 Å². The minimum atomic E-state index is -0.00629. The molecular formula is C15H19NO5. The van der Waals surface area contributed by atoms with Crippen LogP contribution in [0.1, 0.15) is 5.56 Å². The average Bonchev–Trinajstić information content (AvgIpc) is 2.82. The lowest BCUT2D eigenvalue weighted by molar-refractivity contribution is -0.131. The fourth-order valence-corrected chi connectivity index (χ4v) is 2.55. The summed E-state index contributed by atoms with van der Waals surface area (Å²) >= 11 is 0. The van der Waals surface area contributed by atoms with E-state index in [2.05, 4.69) is 0 Å². The predicted octanol–water partition coefficient (Wildman–Crippen LogP) is 0.425. The van der Waals surface area contributed by atoms with E-state index in [1.165, 1.54) is 0 Å². The molecule has 3 rings (SSSR count). The van der Waals surface area contributed by atoms with E-state index >= 15 is 0 Å². The molecule has 114 valence electrons. The topological polar surface area (TPSA) is 68.2 Å². The van der Waals surface area contributed by atoms with Crippen LogP contribution in [0.5, 0.6) is 11.5 Å². The number of ether oxygens (including phenoxy) is 3. The lowest BCUT2D eigenvalue weighted by Gasteiger charge is -2.22. The van der Waals surface area contributed by atoms with E-state index in [-0.39, 0.29) is 25.2 Å². The van der Waals surface area contributed by atoms with E-state index < -0.39 is 0 Å². The first-order chi connectivity index (χ1) is 10.3. The summed E-state index contributed by atoms with van der Waals surface area (Å²) in [6.45, 7) is 2.40. The third-order valence-corrected chi connectivity index (χ3v) is 3.74. The summed E-state index contributed by atoms with van der Waals surface area (Å²) in [4.78, 5) is 14.2. The standard InChI is InChI=1S/C15H19NO5/c17-8-12-7-16(3-4-19-9-12)15(18)6-11-1-2-13-14(5-11)21-10-20-13/h1-2,5,12,17H,3-4,6-10H2/t12-/m1/s1. The van der Waals surface area contributed by atoms with E-state index in [4.69, 9.17) is 14.2 Å². The quantitative estimate of drug-likeness (QED) is 0.875. The van der Waals surface area contributed by atoms with Crippen molar-refractivity contribution in [2.75, 3.05) is 39.7 Å². The molecule has 0 saturated carbocycles. The molecule has 1 amide bonds. The van der Waals surface area contributed by atoms with Gasteiger partial charge in [-0.15, -0.1) is 0 Å².